The number of halogens is 3. The molecule has 0 fully saturated rings. The number of aromatic nitrogens is 2. The zero-order valence-electron chi connectivity index (χ0n) is 12.0. The number of anilines is 1. The normalized spacial score (nSPS) is 11.3. The standard InChI is InChI=1S/C16H10F3N3OS/c17-16(18,19)11-7-4-8-12(9-11)20-15(23)14-13(21-22-24-14)10-5-2-1-3-6-10/h1-9H,(H,20,23). The molecule has 8 heteroatoms. The number of hydrogen-bond donors (Lipinski definition) is 1. The Kier molecular flexibility index (Phi) is 4.30. The smallest absolute Gasteiger partial charge is 0.321 e. The third kappa shape index (κ3) is 3.43. The highest BCUT2D eigenvalue weighted by atomic mass is 32.1. The molecule has 0 atom stereocenters. The molecule has 0 saturated heterocycles. The minimum atomic E-state index is -4.47. The summed E-state index contributed by atoms with van der Waals surface area (Å²) in [6.45, 7) is 0. The van der Waals surface area contributed by atoms with Gasteiger partial charge in [-0.25, -0.2) is 0 Å². The molecule has 0 saturated carbocycles. The van der Waals surface area contributed by atoms with Gasteiger partial charge in [-0.3, -0.25) is 4.79 Å². The van der Waals surface area contributed by atoms with Gasteiger partial charge in [0, 0.05) is 11.3 Å². The summed E-state index contributed by atoms with van der Waals surface area (Å²) in [5.41, 5.74) is 0.332. The van der Waals surface area contributed by atoms with E-state index in [1.54, 1.807) is 24.3 Å². The van der Waals surface area contributed by atoms with Crippen LogP contribution in [0.5, 0.6) is 0 Å². The molecule has 0 radical (unpaired) electrons. The van der Waals surface area contributed by atoms with E-state index >= 15 is 0 Å². The minimum absolute atomic E-state index is 0.0576. The number of alkyl halides is 3. The highest BCUT2D eigenvalue weighted by molar-refractivity contribution is 7.08. The molecule has 0 bridgehead atoms. The van der Waals surface area contributed by atoms with Gasteiger partial charge < -0.3 is 5.32 Å². The summed E-state index contributed by atoms with van der Waals surface area (Å²) in [6.07, 6.45) is -4.47. The van der Waals surface area contributed by atoms with Crippen LogP contribution in [0.3, 0.4) is 0 Å². The largest absolute Gasteiger partial charge is 0.416 e. The minimum Gasteiger partial charge on any atom is -0.321 e. The van der Waals surface area contributed by atoms with E-state index < -0.39 is 17.6 Å². The Morgan fingerprint density at radius 3 is 2.50 bits per heavy atom. The average molecular weight is 349 g/mol. The number of benzene rings is 2. The molecule has 1 amide bonds. The maximum Gasteiger partial charge on any atom is 0.416 e. The van der Waals surface area contributed by atoms with Crippen molar-refractivity contribution in [3.05, 3.63) is 65.0 Å². The molecular formula is C16H10F3N3OS. The van der Waals surface area contributed by atoms with Crippen molar-refractivity contribution in [3.8, 4) is 11.3 Å². The monoisotopic (exact) mass is 349 g/mol. The van der Waals surface area contributed by atoms with Crippen molar-refractivity contribution in [2.75, 3.05) is 5.32 Å². The summed E-state index contributed by atoms with van der Waals surface area (Å²) >= 11 is 0.886. The summed E-state index contributed by atoms with van der Waals surface area (Å²) in [7, 11) is 0. The molecule has 1 N–H and O–H groups in total. The summed E-state index contributed by atoms with van der Waals surface area (Å²) in [4.78, 5) is 12.6. The van der Waals surface area contributed by atoms with Crippen LogP contribution in [-0.4, -0.2) is 15.5 Å². The van der Waals surface area contributed by atoms with Crippen LogP contribution in [-0.2, 0) is 6.18 Å². The molecule has 24 heavy (non-hydrogen) atoms. The van der Waals surface area contributed by atoms with Crippen LogP contribution in [0.25, 0.3) is 11.3 Å². The predicted octanol–water partition coefficient (Wildman–Crippen LogP) is 4.48. The molecule has 0 spiro atoms. The van der Waals surface area contributed by atoms with Crippen molar-refractivity contribution in [2.45, 2.75) is 6.18 Å². The van der Waals surface area contributed by atoms with E-state index in [0.29, 0.717) is 11.3 Å². The van der Waals surface area contributed by atoms with Crippen molar-refractivity contribution >= 4 is 23.1 Å². The van der Waals surface area contributed by atoms with Crippen molar-refractivity contribution in [2.24, 2.45) is 0 Å². The Bertz CT molecular complexity index is 862. The van der Waals surface area contributed by atoms with Crippen molar-refractivity contribution in [1.82, 2.24) is 9.59 Å². The van der Waals surface area contributed by atoms with Gasteiger partial charge in [-0.05, 0) is 29.7 Å². The van der Waals surface area contributed by atoms with E-state index in [2.05, 4.69) is 14.9 Å². The van der Waals surface area contributed by atoms with Gasteiger partial charge in [-0.1, -0.05) is 40.9 Å². The van der Waals surface area contributed by atoms with E-state index in [9.17, 15) is 18.0 Å². The second-order valence-corrected chi connectivity index (χ2v) is 5.60. The van der Waals surface area contributed by atoms with Crippen LogP contribution in [0.4, 0.5) is 18.9 Å². The fraction of sp³-hybridized carbons (Fsp3) is 0.0625. The zero-order chi connectivity index (χ0) is 17.2. The maximum atomic E-state index is 12.7. The Morgan fingerprint density at radius 2 is 1.79 bits per heavy atom. The molecule has 3 aromatic rings. The first-order valence-electron chi connectivity index (χ1n) is 6.81. The SMILES string of the molecule is O=C(Nc1cccc(C(F)(F)F)c1)c1snnc1-c1ccccc1. The van der Waals surface area contributed by atoms with E-state index in [4.69, 9.17) is 0 Å². The van der Waals surface area contributed by atoms with E-state index in [0.717, 1.165) is 23.7 Å². The van der Waals surface area contributed by atoms with Gasteiger partial charge in [0.25, 0.3) is 5.91 Å². The number of amides is 1. The fourth-order valence-corrected chi connectivity index (χ4v) is 2.67. The Labute approximate surface area is 139 Å². The van der Waals surface area contributed by atoms with E-state index in [-0.39, 0.29) is 10.6 Å². The lowest BCUT2D eigenvalue weighted by Gasteiger charge is -2.09. The Hall–Kier alpha value is -2.74. The summed E-state index contributed by atoms with van der Waals surface area (Å²) in [6, 6.07) is 13.4. The Balaban J connectivity index is 1.86. The van der Waals surface area contributed by atoms with Gasteiger partial charge >= 0.3 is 6.18 Å². The van der Waals surface area contributed by atoms with E-state index in [1.165, 1.54) is 12.1 Å². The first-order chi connectivity index (χ1) is 11.4. The van der Waals surface area contributed by atoms with E-state index in [1.807, 2.05) is 6.07 Å². The zero-order valence-corrected chi connectivity index (χ0v) is 12.9. The number of nitrogens with one attached hydrogen (secondary N) is 1. The lowest BCUT2D eigenvalue weighted by Crippen LogP contribution is -2.13. The molecular weight excluding hydrogens is 339 g/mol. The molecule has 0 unspecified atom stereocenters. The second kappa shape index (κ2) is 6.40. The summed E-state index contributed by atoms with van der Waals surface area (Å²) in [5, 5.41) is 6.39. The number of carbonyl (C=O) groups excluding carboxylic acids is 1. The maximum absolute atomic E-state index is 12.7. The summed E-state index contributed by atoms with van der Waals surface area (Å²) < 4.78 is 42.0. The van der Waals surface area contributed by atoms with Crippen molar-refractivity contribution in [3.63, 3.8) is 0 Å². The molecule has 1 aromatic heterocycles. The number of nitrogens with zero attached hydrogens (tertiary/aromatic N) is 2. The van der Waals surface area contributed by atoms with Crippen LogP contribution < -0.4 is 5.32 Å². The Morgan fingerprint density at radius 1 is 1.04 bits per heavy atom. The highest BCUT2D eigenvalue weighted by Gasteiger charge is 2.30. The molecule has 0 aliphatic rings. The lowest BCUT2D eigenvalue weighted by molar-refractivity contribution is -0.137. The lowest BCUT2D eigenvalue weighted by atomic mass is 10.1. The molecule has 3 rings (SSSR count). The second-order valence-electron chi connectivity index (χ2n) is 4.85. The highest BCUT2D eigenvalue weighted by Crippen LogP contribution is 2.31. The molecule has 0 aliphatic heterocycles. The van der Waals surface area contributed by atoms with Crippen LogP contribution in [0.15, 0.2) is 54.6 Å². The van der Waals surface area contributed by atoms with Gasteiger partial charge in [0.15, 0.2) is 0 Å². The van der Waals surface area contributed by atoms with Gasteiger partial charge in [-0.15, -0.1) is 5.10 Å². The topological polar surface area (TPSA) is 54.9 Å². The predicted molar refractivity (Wildman–Crippen MR) is 84.7 cm³/mol. The average Bonchev–Trinajstić information content (AvgIpc) is 3.05. The third-order valence-corrected chi connectivity index (χ3v) is 3.91. The quantitative estimate of drug-likeness (QED) is 0.759. The molecule has 2 aromatic carbocycles. The van der Waals surface area contributed by atoms with Crippen LogP contribution in [0.2, 0.25) is 0 Å². The third-order valence-electron chi connectivity index (χ3n) is 3.19. The van der Waals surface area contributed by atoms with Crippen LogP contribution >= 0.6 is 11.5 Å². The first kappa shape index (κ1) is 16.1. The fourth-order valence-electron chi connectivity index (χ4n) is 2.09. The van der Waals surface area contributed by atoms with Crippen LogP contribution in [0.1, 0.15) is 15.2 Å². The number of hydrogen-bond acceptors (Lipinski definition) is 4. The van der Waals surface area contributed by atoms with Crippen molar-refractivity contribution < 1.29 is 18.0 Å². The van der Waals surface area contributed by atoms with Gasteiger partial charge in [-0.2, -0.15) is 13.2 Å². The van der Waals surface area contributed by atoms with Gasteiger partial charge in [0.1, 0.15) is 10.6 Å². The summed E-state index contributed by atoms with van der Waals surface area (Å²) in [5.74, 6) is -0.553. The van der Waals surface area contributed by atoms with Gasteiger partial charge in [0.05, 0.1) is 5.56 Å². The first-order valence-corrected chi connectivity index (χ1v) is 7.59. The molecule has 0 aliphatic carbocycles. The molecule has 122 valence electrons. The van der Waals surface area contributed by atoms with Crippen molar-refractivity contribution in [1.29, 1.82) is 0 Å². The number of carbonyl (C=O) groups is 1. The molecule has 4 nitrogen and oxygen atoms in total. The molecule has 1 heterocycles. The van der Waals surface area contributed by atoms with Crippen LogP contribution in [0, 0.1) is 0 Å². The number of rotatable bonds is 3. The van der Waals surface area contributed by atoms with Gasteiger partial charge in [0.2, 0.25) is 0 Å².